The number of hydrogen-bond donors (Lipinski definition) is 1. The van der Waals surface area contributed by atoms with Crippen LogP contribution in [0.4, 0.5) is 10.1 Å². The van der Waals surface area contributed by atoms with Crippen LogP contribution in [0, 0.1) is 5.82 Å². The monoisotopic (exact) mass is 210 g/mol. The summed E-state index contributed by atoms with van der Waals surface area (Å²) in [4.78, 5) is 12.9. The lowest BCUT2D eigenvalue weighted by atomic mass is 10.2. The van der Waals surface area contributed by atoms with Crippen molar-refractivity contribution in [2.24, 2.45) is 0 Å². The van der Waals surface area contributed by atoms with Gasteiger partial charge in [0.15, 0.2) is 0 Å². The maximum absolute atomic E-state index is 13.3. The summed E-state index contributed by atoms with van der Waals surface area (Å²) in [6.07, 6.45) is 0.362. The molecule has 4 heteroatoms. The molecule has 15 heavy (non-hydrogen) atoms. The maximum Gasteiger partial charge on any atom is 0.228 e. The first kappa shape index (κ1) is 11.7. The van der Waals surface area contributed by atoms with E-state index < -0.39 is 0 Å². The van der Waals surface area contributed by atoms with Crippen LogP contribution in [0.5, 0.6) is 0 Å². The molecule has 0 radical (unpaired) electrons. The van der Waals surface area contributed by atoms with E-state index >= 15 is 0 Å². The van der Waals surface area contributed by atoms with E-state index in [4.69, 9.17) is 0 Å². The van der Waals surface area contributed by atoms with Gasteiger partial charge in [-0.3, -0.25) is 4.79 Å². The molecule has 0 bridgehead atoms. The van der Waals surface area contributed by atoms with Crippen LogP contribution < -0.4 is 10.2 Å². The zero-order chi connectivity index (χ0) is 11.3. The molecule has 0 aliphatic carbocycles. The van der Waals surface area contributed by atoms with Crippen molar-refractivity contribution in [2.75, 3.05) is 25.5 Å². The summed E-state index contributed by atoms with van der Waals surface area (Å²) in [7, 11) is 3.35. The third-order valence-corrected chi connectivity index (χ3v) is 2.18. The van der Waals surface area contributed by atoms with Crippen LogP contribution in [0.25, 0.3) is 0 Å². The quantitative estimate of drug-likeness (QED) is 0.814. The number of anilines is 1. The molecule has 0 unspecified atom stereocenters. The van der Waals surface area contributed by atoms with Gasteiger partial charge in [0, 0.05) is 20.0 Å². The zero-order valence-electron chi connectivity index (χ0n) is 8.96. The molecule has 1 aromatic rings. The topological polar surface area (TPSA) is 32.3 Å². The van der Waals surface area contributed by atoms with Gasteiger partial charge in [-0.25, -0.2) is 4.39 Å². The number of carbonyl (C=O) groups excluding carboxylic acids is 1. The smallest absolute Gasteiger partial charge is 0.228 e. The number of rotatable bonds is 4. The molecule has 3 nitrogen and oxygen atoms in total. The Morgan fingerprint density at radius 1 is 1.47 bits per heavy atom. The van der Waals surface area contributed by atoms with Gasteiger partial charge in [0.25, 0.3) is 0 Å². The number of nitrogens with zero attached hydrogens (tertiary/aromatic N) is 1. The van der Waals surface area contributed by atoms with Crippen LogP contribution >= 0.6 is 0 Å². The zero-order valence-corrected chi connectivity index (χ0v) is 8.96. The fraction of sp³-hybridized carbons (Fsp3) is 0.364. The Bertz CT molecular complexity index is 341. The second-order valence-electron chi connectivity index (χ2n) is 3.26. The predicted octanol–water partition coefficient (Wildman–Crippen LogP) is 1.40. The minimum absolute atomic E-state index is 0.102. The van der Waals surface area contributed by atoms with E-state index in [0.29, 0.717) is 18.7 Å². The van der Waals surface area contributed by atoms with Crippen molar-refractivity contribution in [3.8, 4) is 0 Å². The molecule has 0 aromatic heterocycles. The molecule has 0 saturated carbocycles. The summed E-state index contributed by atoms with van der Waals surface area (Å²) < 4.78 is 13.3. The minimum atomic E-state index is -0.377. The molecule has 1 amide bonds. The lowest BCUT2D eigenvalue weighted by Crippen LogP contribution is -2.29. The van der Waals surface area contributed by atoms with E-state index in [2.05, 4.69) is 5.32 Å². The van der Waals surface area contributed by atoms with Crippen molar-refractivity contribution in [1.29, 1.82) is 0 Å². The Morgan fingerprint density at radius 2 is 2.13 bits per heavy atom. The number of nitrogens with one attached hydrogen (secondary N) is 1. The Kier molecular flexibility index (Phi) is 4.24. The largest absolute Gasteiger partial charge is 0.319 e. The minimum Gasteiger partial charge on any atom is -0.319 e. The third kappa shape index (κ3) is 3.02. The van der Waals surface area contributed by atoms with Crippen molar-refractivity contribution >= 4 is 11.6 Å². The van der Waals surface area contributed by atoms with Gasteiger partial charge in [-0.15, -0.1) is 0 Å². The lowest BCUT2D eigenvalue weighted by molar-refractivity contribution is -0.118. The second kappa shape index (κ2) is 5.46. The number of carbonyl (C=O) groups is 1. The summed E-state index contributed by atoms with van der Waals surface area (Å²) in [5.74, 6) is -0.479. The van der Waals surface area contributed by atoms with E-state index in [1.807, 2.05) is 0 Å². The molecule has 1 N–H and O–H groups in total. The van der Waals surface area contributed by atoms with Crippen molar-refractivity contribution in [2.45, 2.75) is 6.42 Å². The van der Waals surface area contributed by atoms with Crippen molar-refractivity contribution in [3.63, 3.8) is 0 Å². The van der Waals surface area contributed by atoms with Gasteiger partial charge in [0.05, 0.1) is 5.69 Å². The molecule has 0 heterocycles. The Labute approximate surface area is 88.9 Å². The van der Waals surface area contributed by atoms with Gasteiger partial charge >= 0.3 is 0 Å². The molecule has 0 spiro atoms. The second-order valence-corrected chi connectivity index (χ2v) is 3.26. The van der Waals surface area contributed by atoms with E-state index in [1.54, 1.807) is 32.3 Å². The lowest BCUT2D eigenvalue weighted by Gasteiger charge is -2.17. The summed E-state index contributed by atoms with van der Waals surface area (Å²) >= 11 is 0. The average molecular weight is 210 g/mol. The molecule has 1 aromatic carbocycles. The first-order valence-electron chi connectivity index (χ1n) is 4.82. The summed E-state index contributed by atoms with van der Waals surface area (Å²) in [6, 6.07) is 6.24. The molecule has 0 fully saturated rings. The SMILES string of the molecule is CNCCC(=O)N(C)c1ccccc1F. The van der Waals surface area contributed by atoms with Gasteiger partial charge in [0.1, 0.15) is 5.82 Å². The number of benzene rings is 1. The molecule has 0 saturated heterocycles. The van der Waals surface area contributed by atoms with E-state index in [9.17, 15) is 9.18 Å². The molecular weight excluding hydrogens is 195 g/mol. The van der Waals surface area contributed by atoms with Crippen molar-refractivity contribution in [1.82, 2.24) is 5.32 Å². The van der Waals surface area contributed by atoms with Crippen LogP contribution in [-0.4, -0.2) is 26.5 Å². The molecule has 0 aliphatic rings. The van der Waals surface area contributed by atoms with Gasteiger partial charge in [-0.2, -0.15) is 0 Å². The van der Waals surface area contributed by atoms with Crippen LogP contribution in [0.3, 0.4) is 0 Å². The van der Waals surface area contributed by atoms with E-state index in [-0.39, 0.29) is 11.7 Å². The number of halogens is 1. The molecular formula is C11H15FN2O. The highest BCUT2D eigenvalue weighted by molar-refractivity contribution is 5.92. The van der Waals surface area contributed by atoms with Crippen LogP contribution in [0.2, 0.25) is 0 Å². The van der Waals surface area contributed by atoms with Gasteiger partial charge in [-0.1, -0.05) is 12.1 Å². The first-order valence-corrected chi connectivity index (χ1v) is 4.82. The molecule has 1 rings (SSSR count). The van der Waals surface area contributed by atoms with Crippen molar-refractivity contribution in [3.05, 3.63) is 30.1 Å². The fourth-order valence-electron chi connectivity index (χ4n) is 1.26. The van der Waals surface area contributed by atoms with Gasteiger partial charge in [0.2, 0.25) is 5.91 Å². The number of para-hydroxylation sites is 1. The molecule has 0 atom stereocenters. The Balaban J connectivity index is 2.72. The van der Waals surface area contributed by atoms with Crippen LogP contribution in [0.1, 0.15) is 6.42 Å². The highest BCUT2D eigenvalue weighted by Crippen LogP contribution is 2.17. The number of hydrogen-bond acceptors (Lipinski definition) is 2. The van der Waals surface area contributed by atoms with Crippen LogP contribution in [0.15, 0.2) is 24.3 Å². The van der Waals surface area contributed by atoms with Crippen LogP contribution in [-0.2, 0) is 4.79 Å². The standard InChI is InChI=1S/C11H15FN2O/c1-13-8-7-11(15)14(2)10-6-4-3-5-9(10)12/h3-6,13H,7-8H2,1-2H3. The Hall–Kier alpha value is -1.42. The normalized spacial score (nSPS) is 10.1. The van der Waals surface area contributed by atoms with E-state index in [1.165, 1.54) is 11.0 Å². The van der Waals surface area contributed by atoms with Crippen molar-refractivity contribution < 1.29 is 9.18 Å². The van der Waals surface area contributed by atoms with Gasteiger partial charge < -0.3 is 10.2 Å². The third-order valence-electron chi connectivity index (χ3n) is 2.18. The summed E-state index contributed by atoms with van der Waals surface area (Å²) in [6.45, 7) is 0.595. The highest BCUT2D eigenvalue weighted by Gasteiger charge is 2.13. The maximum atomic E-state index is 13.3. The molecule has 82 valence electrons. The highest BCUT2D eigenvalue weighted by atomic mass is 19.1. The van der Waals surface area contributed by atoms with E-state index in [0.717, 1.165) is 0 Å². The Morgan fingerprint density at radius 3 is 2.73 bits per heavy atom. The average Bonchev–Trinajstić information content (AvgIpc) is 2.25. The van der Waals surface area contributed by atoms with Gasteiger partial charge in [-0.05, 0) is 19.2 Å². The predicted molar refractivity (Wildman–Crippen MR) is 58.4 cm³/mol. The molecule has 0 aliphatic heterocycles. The summed E-state index contributed by atoms with van der Waals surface area (Å²) in [5, 5.41) is 2.88. The first-order chi connectivity index (χ1) is 7.16. The summed E-state index contributed by atoms with van der Waals surface area (Å²) in [5.41, 5.74) is 0.318. The number of amides is 1. The fourth-order valence-corrected chi connectivity index (χ4v) is 1.26.